The molecule has 122 valence electrons. The zero-order valence-corrected chi connectivity index (χ0v) is 14.3. The fourth-order valence-electron chi connectivity index (χ4n) is 2.52. The van der Waals surface area contributed by atoms with Gasteiger partial charge in [-0.3, -0.25) is 4.79 Å². The van der Waals surface area contributed by atoms with Crippen LogP contribution < -0.4 is 5.32 Å². The Kier molecular flexibility index (Phi) is 4.98. The molecule has 2 rings (SSSR count). The molecule has 1 aromatic heterocycles. The summed E-state index contributed by atoms with van der Waals surface area (Å²) in [7, 11) is 0. The van der Waals surface area contributed by atoms with Gasteiger partial charge in [-0.2, -0.15) is 0 Å². The Hall–Kier alpha value is -2.43. The van der Waals surface area contributed by atoms with Crippen molar-refractivity contribution in [3.63, 3.8) is 0 Å². The lowest BCUT2D eigenvalue weighted by Gasteiger charge is -2.15. The Morgan fingerprint density at radius 1 is 1.26 bits per heavy atom. The van der Waals surface area contributed by atoms with E-state index in [0.29, 0.717) is 11.7 Å². The number of carbonyl (C=O) groups is 1. The molecule has 0 saturated carbocycles. The second-order valence-electron chi connectivity index (χ2n) is 6.23. The van der Waals surface area contributed by atoms with Gasteiger partial charge in [0.1, 0.15) is 5.75 Å². The first kappa shape index (κ1) is 16.9. The number of nitrogens with one attached hydrogen (secondary N) is 1. The van der Waals surface area contributed by atoms with Crippen LogP contribution in [0.15, 0.2) is 18.2 Å². The highest BCUT2D eigenvalue weighted by molar-refractivity contribution is 5.88. The maximum absolute atomic E-state index is 11.4. The van der Waals surface area contributed by atoms with Gasteiger partial charge in [0.05, 0.1) is 17.1 Å². The molecule has 1 aromatic carbocycles. The van der Waals surface area contributed by atoms with Crippen LogP contribution in [0.4, 0.5) is 5.82 Å². The monoisotopic (exact) mass is 313 g/mol. The molecule has 0 saturated heterocycles. The van der Waals surface area contributed by atoms with Crippen LogP contribution in [0.1, 0.15) is 37.7 Å². The Balaban J connectivity index is 2.58. The van der Waals surface area contributed by atoms with Crippen LogP contribution in [-0.4, -0.2) is 21.0 Å². The molecule has 1 amide bonds. The Labute approximate surface area is 136 Å². The van der Waals surface area contributed by atoms with Crippen molar-refractivity contribution in [2.45, 2.75) is 41.0 Å². The smallest absolute Gasteiger partial charge is 0.222 e. The molecular formula is C18H23N3O2. The number of amides is 1. The summed E-state index contributed by atoms with van der Waals surface area (Å²) in [5.41, 5.74) is 4.18. The van der Waals surface area contributed by atoms with Crippen molar-refractivity contribution in [1.29, 1.82) is 0 Å². The molecule has 2 aromatic rings. The molecule has 0 bridgehead atoms. The van der Waals surface area contributed by atoms with E-state index in [2.05, 4.69) is 24.1 Å². The van der Waals surface area contributed by atoms with E-state index in [0.717, 1.165) is 34.6 Å². The van der Waals surface area contributed by atoms with Gasteiger partial charge < -0.3 is 10.4 Å². The van der Waals surface area contributed by atoms with E-state index >= 15 is 0 Å². The quantitative estimate of drug-likeness (QED) is 0.904. The number of aryl methyl sites for hydroxylation is 2. The highest BCUT2D eigenvalue weighted by Crippen LogP contribution is 2.29. The Bertz CT molecular complexity index is 739. The van der Waals surface area contributed by atoms with Gasteiger partial charge in [-0.1, -0.05) is 13.8 Å². The number of phenols is 1. The number of carbonyl (C=O) groups excluding carboxylic acids is 1. The fraction of sp³-hybridized carbons (Fsp3) is 0.389. The highest BCUT2D eigenvalue weighted by atomic mass is 16.3. The molecule has 0 unspecified atom stereocenters. The molecular weight excluding hydrogens is 290 g/mol. The minimum Gasteiger partial charge on any atom is -0.508 e. The van der Waals surface area contributed by atoms with E-state index in [4.69, 9.17) is 4.98 Å². The van der Waals surface area contributed by atoms with Crippen LogP contribution in [0.25, 0.3) is 11.3 Å². The Morgan fingerprint density at radius 2 is 1.96 bits per heavy atom. The summed E-state index contributed by atoms with van der Waals surface area (Å²) in [6.45, 7) is 9.47. The molecule has 23 heavy (non-hydrogen) atoms. The van der Waals surface area contributed by atoms with Crippen molar-refractivity contribution in [1.82, 2.24) is 9.97 Å². The SMILES string of the molecule is CC(=O)Nc1nc(C)c(-c2ccc(O)cc2C)nc1CC(C)C. The number of aromatic nitrogens is 2. The molecule has 0 fully saturated rings. The maximum Gasteiger partial charge on any atom is 0.222 e. The average Bonchev–Trinajstić information content (AvgIpc) is 2.41. The minimum atomic E-state index is -0.155. The molecule has 0 radical (unpaired) electrons. The number of aromatic hydroxyl groups is 1. The van der Waals surface area contributed by atoms with Gasteiger partial charge in [0, 0.05) is 12.5 Å². The number of nitrogens with zero attached hydrogens (tertiary/aromatic N) is 2. The van der Waals surface area contributed by atoms with Gasteiger partial charge in [0.2, 0.25) is 5.91 Å². The summed E-state index contributed by atoms with van der Waals surface area (Å²) in [4.78, 5) is 20.7. The molecule has 0 aliphatic carbocycles. The largest absolute Gasteiger partial charge is 0.508 e. The summed E-state index contributed by atoms with van der Waals surface area (Å²) >= 11 is 0. The zero-order chi connectivity index (χ0) is 17.1. The lowest BCUT2D eigenvalue weighted by atomic mass is 10.0. The number of phenolic OH excluding ortho intramolecular Hbond substituents is 1. The van der Waals surface area contributed by atoms with Crippen LogP contribution >= 0.6 is 0 Å². The van der Waals surface area contributed by atoms with Crippen molar-refractivity contribution in [3.05, 3.63) is 35.2 Å². The van der Waals surface area contributed by atoms with Crippen LogP contribution in [-0.2, 0) is 11.2 Å². The van der Waals surface area contributed by atoms with Gasteiger partial charge in [-0.15, -0.1) is 0 Å². The van der Waals surface area contributed by atoms with Crippen molar-refractivity contribution in [2.75, 3.05) is 5.32 Å². The number of benzene rings is 1. The molecule has 2 N–H and O–H groups in total. The van der Waals surface area contributed by atoms with Crippen LogP contribution in [0.5, 0.6) is 5.75 Å². The van der Waals surface area contributed by atoms with E-state index in [-0.39, 0.29) is 11.7 Å². The van der Waals surface area contributed by atoms with Crippen LogP contribution in [0.3, 0.4) is 0 Å². The van der Waals surface area contributed by atoms with Crippen molar-refractivity contribution in [3.8, 4) is 17.0 Å². The molecule has 1 heterocycles. The van der Waals surface area contributed by atoms with Gasteiger partial charge >= 0.3 is 0 Å². The summed E-state index contributed by atoms with van der Waals surface area (Å²) in [5.74, 6) is 1.00. The first-order chi connectivity index (χ1) is 10.8. The van der Waals surface area contributed by atoms with Gasteiger partial charge in [0.25, 0.3) is 0 Å². The van der Waals surface area contributed by atoms with E-state index in [1.165, 1.54) is 6.92 Å². The third kappa shape index (κ3) is 4.06. The standard InChI is InChI=1S/C18H23N3O2/c1-10(2)8-16-18(20-13(5)22)19-12(4)17(21-16)15-7-6-14(23)9-11(15)3/h6-7,9-10,23H,8H2,1-5H3,(H,19,20,22). The second kappa shape index (κ2) is 6.77. The van der Waals surface area contributed by atoms with Gasteiger partial charge in [-0.05, 0) is 49.9 Å². The highest BCUT2D eigenvalue weighted by Gasteiger charge is 2.16. The second-order valence-corrected chi connectivity index (χ2v) is 6.23. The molecule has 5 heteroatoms. The third-order valence-electron chi connectivity index (χ3n) is 3.50. The van der Waals surface area contributed by atoms with Crippen LogP contribution in [0, 0.1) is 19.8 Å². The maximum atomic E-state index is 11.4. The Morgan fingerprint density at radius 3 is 2.52 bits per heavy atom. The van der Waals surface area contributed by atoms with Crippen molar-refractivity contribution in [2.24, 2.45) is 5.92 Å². The molecule has 0 aliphatic rings. The number of hydrogen-bond acceptors (Lipinski definition) is 4. The lowest BCUT2D eigenvalue weighted by molar-refractivity contribution is -0.114. The predicted octanol–water partition coefficient (Wildman–Crippen LogP) is 3.62. The number of hydrogen-bond donors (Lipinski definition) is 2. The molecule has 0 atom stereocenters. The van der Waals surface area contributed by atoms with E-state index in [1.807, 2.05) is 19.9 Å². The first-order valence-corrected chi connectivity index (χ1v) is 7.73. The third-order valence-corrected chi connectivity index (χ3v) is 3.50. The lowest BCUT2D eigenvalue weighted by Crippen LogP contribution is -2.14. The van der Waals surface area contributed by atoms with Gasteiger partial charge in [0.15, 0.2) is 5.82 Å². The van der Waals surface area contributed by atoms with E-state index in [1.54, 1.807) is 12.1 Å². The topological polar surface area (TPSA) is 75.1 Å². The summed E-state index contributed by atoms with van der Waals surface area (Å²) in [6.07, 6.45) is 0.729. The van der Waals surface area contributed by atoms with E-state index in [9.17, 15) is 9.90 Å². The number of rotatable bonds is 4. The summed E-state index contributed by atoms with van der Waals surface area (Å²) in [6, 6.07) is 5.20. The zero-order valence-electron chi connectivity index (χ0n) is 14.3. The molecule has 0 aliphatic heterocycles. The van der Waals surface area contributed by atoms with Crippen molar-refractivity contribution < 1.29 is 9.90 Å². The first-order valence-electron chi connectivity index (χ1n) is 7.73. The summed E-state index contributed by atoms with van der Waals surface area (Å²) < 4.78 is 0. The van der Waals surface area contributed by atoms with E-state index < -0.39 is 0 Å². The predicted molar refractivity (Wildman–Crippen MR) is 91.5 cm³/mol. The van der Waals surface area contributed by atoms with Gasteiger partial charge in [-0.25, -0.2) is 9.97 Å². The normalized spacial score (nSPS) is 10.9. The minimum absolute atomic E-state index is 0.155. The molecule has 0 spiro atoms. The number of anilines is 1. The van der Waals surface area contributed by atoms with Crippen molar-refractivity contribution >= 4 is 11.7 Å². The summed E-state index contributed by atoms with van der Waals surface area (Å²) in [5, 5.41) is 12.4. The fourth-order valence-corrected chi connectivity index (χ4v) is 2.52. The average molecular weight is 313 g/mol. The molecule has 5 nitrogen and oxygen atoms in total. The van der Waals surface area contributed by atoms with Crippen LogP contribution in [0.2, 0.25) is 0 Å².